The van der Waals surface area contributed by atoms with Gasteiger partial charge in [0, 0.05) is 19.5 Å². The minimum atomic E-state index is 0.244. The third-order valence-corrected chi connectivity index (χ3v) is 3.52. The van der Waals surface area contributed by atoms with E-state index in [1.54, 1.807) is 14.2 Å². The third-order valence-electron chi connectivity index (χ3n) is 3.52. The molecule has 0 saturated heterocycles. The lowest BCUT2D eigenvalue weighted by Gasteiger charge is -2.17. The Morgan fingerprint density at radius 3 is 2.36 bits per heavy atom. The Morgan fingerprint density at radius 2 is 1.82 bits per heavy atom. The zero-order valence-electron chi connectivity index (χ0n) is 14.0. The quantitative estimate of drug-likeness (QED) is 0.817. The molecule has 0 aliphatic heterocycles. The molecule has 0 fully saturated rings. The summed E-state index contributed by atoms with van der Waals surface area (Å²) in [5.41, 5.74) is 2.23. The molecule has 6 heteroatoms. The fraction of sp³-hybridized carbons (Fsp3) is 0.500. The summed E-state index contributed by atoms with van der Waals surface area (Å²) in [6.07, 6.45) is 0. The summed E-state index contributed by atoms with van der Waals surface area (Å²) in [4.78, 5) is 6.33. The number of rotatable bonds is 6. The zero-order chi connectivity index (χ0) is 16.3. The highest BCUT2D eigenvalue weighted by atomic mass is 16.5. The van der Waals surface area contributed by atoms with Gasteiger partial charge in [-0.2, -0.15) is 4.98 Å². The summed E-state index contributed by atoms with van der Waals surface area (Å²) in [5, 5.41) is 3.99. The summed E-state index contributed by atoms with van der Waals surface area (Å²) < 4.78 is 16.0. The van der Waals surface area contributed by atoms with E-state index in [0.29, 0.717) is 24.1 Å². The number of benzene rings is 1. The van der Waals surface area contributed by atoms with E-state index in [9.17, 15) is 0 Å². The van der Waals surface area contributed by atoms with Gasteiger partial charge >= 0.3 is 6.01 Å². The van der Waals surface area contributed by atoms with E-state index >= 15 is 0 Å². The molecule has 0 amide bonds. The van der Waals surface area contributed by atoms with E-state index < -0.39 is 0 Å². The zero-order valence-corrected chi connectivity index (χ0v) is 14.0. The molecule has 0 saturated carbocycles. The molecule has 2 rings (SSSR count). The van der Waals surface area contributed by atoms with Crippen molar-refractivity contribution >= 4 is 6.01 Å². The van der Waals surface area contributed by atoms with Gasteiger partial charge in [0.05, 0.1) is 14.2 Å². The van der Waals surface area contributed by atoms with Crippen LogP contribution < -0.4 is 14.4 Å². The maximum atomic E-state index is 5.36. The van der Waals surface area contributed by atoms with Gasteiger partial charge in [0.1, 0.15) is 0 Å². The van der Waals surface area contributed by atoms with Crippen molar-refractivity contribution in [3.8, 4) is 11.5 Å². The standard InChI is InChI=1S/C16H23N3O3/c1-10(2)15-17-16(22-18-15)19(4)9-12-8-14(21-6)13(20-5)7-11(12)3/h7-8,10H,9H2,1-6H3. The summed E-state index contributed by atoms with van der Waals surface area (Å²) in [7, 11) is 5.19. The van der Waals surface area contributed by atoms with Crippen molar-refractivity contribution < 1.29 is 14.0 Å². The Morgan fingerprint density at radius 1 is 1.18 bits per heavy atom. The fourth-order valence-corrected chi connectivity index (χ4v) is 2.13. The number of anilines is 1. The molecular formula is C16H23N3O3. The molecule has 0 aliphatic carbocycles. The van der Waals surface area contributed by atoms with Gasteiger partial charge in [-0.15, -0.1) is 0 Å². The molecule has 22 heavy (non-hydrogen) atoms. The van der Waals surface area contributed by atoms with Crippen molar-refractivity contribution in [1.29, 1.82) is 0 Å². The number of hydrogen-bond donors (Lipinski definition) is 0. The third kappa shape index (κ3) is 3.32. The molecule has 0 aliphatic rings. The maximum Gasteiger partial charge on any atom is 0.324 e. The van der Waals surface area contributed by atoms with Crippen LogP contribution in [0.4, 0.5) is 6.01 Å². The SMILES string of the molecule is COc1cc(C)c(CN(C)c2nc(C(C)C)no2)cc1OC. The predicted octanol–water partition coefficient (Wildman–Crippen LogP) is 3.16. The highest BCUT2D eigenvalue weighted by Gasteiger charge is 2.16. The van der Waals surface area contributed by atoms with Crippen LogP contribution in [0.15, 0.2) is 16.7 Å². The average Bonchev–Trinajstić information content (AvgIpc) is 2.99. The summed E-state index contributed by atoms with van der Waals surface area (Å²) in [6.45, 7) is 6.75. The second-order valence-corrected chi connectivity index (χ2v) is 5.58. The van der Waals surface area contributed by atoms with Crippen molar-refractivity contribution in [2.75, 3.05) is 26.2 Å². The van der Waals surface area contributed by atoms with E-state index in [1.165, 1.54) is 0 Å². The highest BCUT2D eigenvalue weighted by Crippen LogP contribution is 2.31. The minimum absolute atomic E-state index is 0.244. The summed E-state index contributed by atoms with van der Waals surface area (Å²) in [6, 6.07) is 4.46. The van der Waals surface area contributed by atoms with Crippen LogP contribution in [0.25, 0.3) is 0 Å². The summed E-state index contributed by atoms with van der Waals surface area (Å²) >= 11 is 0. The normalized spacial score (nSPS) is 10.9. The molecule has 2 aromatic rings. The molecule has 0 N–H and O–H groups in total. The lowest BCUT2D eigenvalue weighted by atomic mass is 10.1. The van der Waals surface area contributed by atoms with Gasteiger partial charge in [-0.1, -0.05) is 19.0 Å². The van der Waals surface area contributed by atoms with Gasteiger partial charge < -0.3 is 18.9 Å². The van der Waals surface area contributed by atoms with Crippen LogP contribution in [-0.4, -0.2) is 31.4 Å². The topological polar surface area (TPSA) is 60.6 Å². The van der Waals surface area contributed by atoms with Crippen LogP contribution in [0.3, 0.4) is 0 Å². The fourth-order valence-electron chi connectivity index (χ4n) is 2.13. The number of methoxy groups -OCH3 is 2. The van der Waals surface area contributed by atoms with Crippen molar-refractivity contribution in [2.45, 2.75) is 33.2 Å². The first kappa shape index (κ1) is 16.1. The first-order valence-electron chi connectivity index (χ1n) is 7.22. The Labute approximate surface area is 131 Å². The Kier molecular flexibility index (Phi) is 4.90. The van der Waals surface area contributed by atoms with Crippen molar-refractivity contribution in [3.05, 3.63) is 29.1 Å². The molecule has 0 bridgehead atoms. The van der Waals surface area contributed by atoms with Crippen LogP contribution >= 0.6 is 0 Å². The second-order valence-electron chi connectivity index (χ2n) is 5.58. The molecule has 0 spiro atoms. The molecule has 0 atom stereocenters. The maximum absolute atomic E-state index is 5.36. The number of ether oxygens (including phenoxy) is 2. The number of aryl methyl sites for hydroxylation is 1. The van der Waals surface area contributed by atoms with Gasteiger partial charge in [-0.3, -0.25) is 0 Å². The molecule has 1 heterocycles. The van der Waals surface area contributed by atoms with Crippen LogP contribution in [-0.2, 0) is 6.54 Å². The minimum Gasteiger partial charge on any atom is -0.493 e. The van der Waals surface area contributed by atoms with Gasteiger partial charge in [0.15, 0.2) is 17.3 Å². The van der Waals surface area contributed by atoms with Gasteiger partial charge in [-0.05, 0) is 30.2 Å². The predicted molar refractivity (Wildman–Crippen MR) is 84.8 cm³/mol. The molecule has 120 valence electrons. The number of nitrogens with zero attached hydrogens (tertiary/aromatic N) is 3. The average molecular weight is 305 g/mol. The molecule has 6 nitrogen and oxygen atoms in total. The number of hydrogen-bond acceptors (Lipinski definition) is 6. The smallest absolute Gasteiger partial charge is 0.324 e. The Hall–Kier alpha value is -2.24. The van der Waals surface area contributed by atoms with Crippen LogP contribution in [0.2, 0.25) is 0 Å². The van der Waals surface area contributed by atoms with E-state index in [1.807, 2.05) is 44.9 Å². The van der Waals surface area contributed by atoms with Crippen molar-refractivity contribution in [3.63, 3.8) is 0 Å². The Balaban J connectivity index is 2.21. The van der Waals surface area contributed by atoms with E-state index in [2.05, 4.69) is 10.1 Å². The molecule has 0 radical (unpaired) electrons. The van der Waals surface area contributed by atoms with E-state index in [0.717, 1.165) is 16.9 Å². The Bertz CT molecular complexity index is 638. The summed E-state index contributed by atoms with van der Waals surface area (Å²) in [5.74, 6) is 2.40. The largest absolute Gasteiger partial charge is 0.493 e. The van der Waals surface area contributed by atoms with E-state index in [4.69, 9.17) is 14.0 Å². The van der Waals surface area contributed by atoms with Crippen molar-refractivity contribution in [2.24, 2.45) is 0 Å². The van der Waals surface area contributed by atoms with Crippen LogP contribution in [0.5, 0.6) is 11.5 Å². The molecule has 1 aromatic heterocycles. The highest BCUT2D eigenvalue weighted by molar-refractivity contribution is 5.48. The van der Waals surface area contributed by atoms with Gasteiger partial charge in [-0.25, -0.2) is 0 Å². The van der Waals surface area contributed by atoms with Gasteiger partial charge in [0.2, 0.25) is 0 Å². The van der Waals surface area contributed by atoms with Gasteiger partial charge in [0.25, 0.3) is 0 Å². The van der Waals surface area contributed by atoms with Crippen LogP contribution in [0.1, 0.15) is 36.7 Å². The lowest BCUT2D eigenvalue weighted by Crippen LogP contribution is -2.17. The monoisotopic (exact) mass is 305 g/mol. The first-order chi connectivity index (χ1) is 10.5. The molecule has 0 unspecified atom stereocenters. The van der Waals surface area contributed by atoms with Crippen molar-refractivity contribution in [1.82, 2.24) is 10.1 Å². The molecular weight excluding hydrogens is 282 g/mol. The van der Waals surface area contributed by atoms with Crippen LogP contribution in [0, 0.1) is 6.92 Å². The van der Waals surface area contributed by atoms with E-state index in [-0.39, 0.29) is 5.92 Å². The molecule has 1 aromatic carbocycles. The number of aromatic nitrogens is 2. The lowest BCUT2D eigenvalue weighted by molar-refractivity contribution is 0.354. The second kappa shape index (κ2) is 6.68. The first-order valence-corrected chi connectivity index (χ1v) is 7.22.